The summed E-state index contributed by atoms with van der Waals surface area (Å²) in [5.41, 5.74) is 3.02. The van der Waals surface area contributed by atoms with E-state index in [1.807, 2.05) is 31.2 Å². The molecule has 4 heteroatoms. The van der Waals surface area contributed by atoms with Gasteiger partial charge in [-0.2, -0.15) is 0 Å². The molecule has 1 heterocycles. The van der Waals surface area contributed by atoms with Crippen molar-refractivity contribution in [3.63, 3.8) is 0 Å². The fraction of sp³-hybridized carbons (Fsp3) is 0.357. The molecule has 0 atom stereocenters. The first kappa shape index (κ1) is 12.6. The van der Waals surface area contributed by atoms with Crippen LogP contribution in [0.2, 0.25) is 0 Å². The fourth-order valence-electron chi connectivity index (χ4n) is 1.90. The Labute approximate surface area is 107 Å². The largest absolute Gasteiger partial charge is 0.497 e. The molecule has 0 radical (unpaired) electrons. The highest BCUT2D eigenvalue weighted by molar-refractivity contribution is 5.92. The molecule has 0 amide bonds. The third-order valence-electron chi connectivity index (χ3n) is 2.77. The van der Waals surface area contributed by atoms with Gasteiger partial charge in [0.1, 0.15) is 5.75 Å². The highest BCUT2D eigenvalue weighted by atomic mass is 16.5. The van der Waals surface area contributed by atoms with E-state index >= 15 is 0 Å². The Bertz CT molecular complexity index is 541. The molecule has 96 valence electrons. The summed E-state index contributed by atoms with van der Waals surface area (Å²) in [5.74, 6) is 0.836. The Balaban J connectivity index is 2.41. The van der Waals surface area contributed by atoms with Gasteiger partial charge in [-0.25, -0.2) is 0 Å². The Morgan fingerprint density at radius 3 is 2.78 bits per heavy atom. The molecule has 0 spiro atoms. The smallest absolute Gasteiger partial charge is 0.119 e. The maximum atomic E-state index is 5.25. The van der Waals surface area contributed by atoms with E-state index in [-0.39, 0.29) is 0 Å². The van der Waals surface area contributed by atoms with E-state index in [1.165, 1.54) is 0 Å². The summed E-state index contributed by atoms with van der Waals surface area (Å²) in [6, 6.07) is 7.94. The van der Waals surface area contributed by atoms with Gasteiger partial charge in [-0.3, -0.25) is 4.98 Å². The minimum absolute atomic E-state index is 0.673. The van der Waals surface area contributed by atoms with Crippen LogP contribution in [0.25, 0.3) is 10.9 Å². The van der Waals surface area contributed by atoms with Crippen molar-refractivity contribution in [2.75, 3.05) is 32.7 Å². The molecular formula is C14H18N2O2. The van der Waals surface area contributed by atoms with Crippen molar-refractivity contribution in [2.45, 2.75) is 6.92 Å². The van der Waals surface area contributed by atoms with Gasteiger partial charge in [0, 0.05) is 30.4 Å². The van der Waals surface area contributed by atoms with Crippen LogP contribution in [0, 0.1) is 6.92 Å². The number of nitrogens with zero attached hydrogens (tertiary/aromatic N) is 1. The molecule has 0 unspecified atom stereocenters. The summed E-state index contributed by atoms with van der Waals surface area (Å²) < 4.78 is 10.3. The molecule has 1 aromatic heterocycles. The number of aryl methyl sites for hydroxylation is 1. The van der Waals surface area contributed by atoms with Crippen molar-refractivity contribution in [1.82, 2.24) is 4.98 Å². The number of anilines is 1. The zero-order valence-electron chi connectivity index (χ0n) is 11.0. The quantitative estimate of drug-likeness (QED) is 0.824. The van der Waals surface area contributed by atoms with Crippen molar-refractivity contribution < 1.29 is 9.47 Å². The molecule has 0 fully saturated rings. The summed E-state index contributed by atoms with van der Waals surface area (Å²) in [4.78, 5) is 4.51. The second-order valence-electron chi connectivity index (χ2n) is 4.11. The predicted octanol–water partition coefficient (Wildman–Crippen LogP) is 2.61. The summed E-state index contributed by atoms with van der Waals surface area (Å²) in [7, 11) is 3.36. The molecule has 2 aromatic rings. The molecule has 0 saturated carbocycles. The molecule has 0 aliphatic carbocycles. The van der Waals surface area contributed by atoms with Gasteiger partial charge in [0.05, 0.1) is 19.2 Å². The van der Waals surface area contributed by atoms with Crippen molar-refractivity contribution >= 4 is 16.6 Å². The number of pyridine rings is 1. The predicted molar refractivity (Wildman–Crippen MR) is 73.4 cm³/mol. The van der Waals surface area contributed by atoms with Crippen molar-refractivity contribution in [1.29, 1.82) is 0 Å². The first-order chi connectivity index (χ1) is 8.74. The Hall–Kier alpha value is -1.81. The molecule has 0 aliphatic rings. The molecular weight excluding hydrogens is 228 g/mol. The van der Waals surface area contributed by atoms with E-state index in [1.54, 1.807) is 14.2 Å². The molecule has 0 bridgehead atoms. The minimum atomic E-state index is 0.673. The van der Waals surface area contributed by atoms with E-state index in [2.05, 4.69) is 10.3 Å². The van der Waals surface area contributed by atoms with Crippen molar-refractivity contribution in [3.05, 3.63) is 30.0 Å². The lowest BCUT2D eigenvalue weighted by Crippen LogP contribution is -2.08. The normalized spacial score (nSPS) is 10.6. The Kier molecular flexibility index (Phi) is 3.99. The Morgan fingerprint density at radius 1 is 1.22 bits per heavy atom. The number of aromatic nitrogens is 1. The zero-order valence-corrected chi connectivity index (χ0v) is 11.0. The highest BCUT2D eigenvalue weighted by Gasteiger charge is 2.05. The van der Waals surface area contributed by atoms with Crippen LogP contribution in [0.5, 0.6) is 5.75 Å². The van der Waals surface area contributed by atoms with Crippen LogP contribution >= 0.6 is 0 Å². The molecule has 2 rings (SSSR count). The van der Waals surface area contributed by atoms with Gasteiger partial charge in [-0.15, -0.1) is 0 Å². The molecule has 0 aliphatic heterocycles. The van der Waals surface area contributed by atoms with E-state index in [0.29, 0.717) is 6.61 Å². The average molecular weight is 246 g/mol. The van der Waals surface area contributed by atoms with Gasteiger partial charge in [0.25, 0.3) is 0 Å². The number of hydrogen-bond acceptors (Lipinski definition) is 4. The maximum absolute atomic E-state index is 5.25. The van der Waals surface area contributed by atoms with Crippen LogP contribution in [0.3, 0.4) is 0 Å². The summed E-state index contributed by atoms with van der Waals surface area (Å²) >= 11 is 0. The number of rotatable bonds is 5. The highest BCUT2D eigenvalue weighted by Crippen LogP contribution is 2.26. The van der Waals surface area contributed by atoms with E-state index in [0.717, 1.165) is 34.6 Å². The lowest BCUT2D eigenvalue weighted by molar-refractivity contribution is 0.211. The standard InChI is InChI=1S/C14H18N2O2/c1-10-8-14(15-6-7-17-2)12-9-11(18-3)4-5-13(12)16-10/h4-5,8-9H,6-7H2,1-3H3,(H,15,16). The van der Waals surface area contributed by atoms with Gasteiger partial charge in [0.2, 0.25) is 0 Å². The SMILES string of the molecule is COCCNc1cc(C)nc2ccc(OC)cc12. The van der Waals surface area contributed by atoms with Crippen LogP contribution in [-0.2, 0) is 4.74 Å². The van der Waals surface area contributed by atoms with Crippen LogP contribution in [0.4, 0.5) is 5.69 Å². The van der Waals surface area contributed by atoms with Crippen LogP contribution in [0.15, 0.2) is 24.3 Å². The topological polar surface area (TPSA) is 43.4 Å². The lowest BCUT2D eigenvalue weighted by atomic mass is 10.1. The number of ether oxygens (including phenoxy) is 2. The monoisotopic (exact) mass is 246 g/mol. The summed E-state index contributed by atoms with van der Waals surface area (Å²) in [6.45, 7) is 3.43. The number of fused-ring (bicyclic) bond motifs is 1. The average Bonchev–Trinajstić information content (AvgIpc) is 2.38. The van der Waals surface area contributed by atoms with Crippen LogP contribution in [-0.4, -0.2) is 32.4 Å². The first-order valence-electron chi connectivity index (χ1n) is 5.93. The molecule has 0 saturated heterocycles. The fourth-order valence-corrected chi connectivity index (χ4v) is 1.90. The minimum Gasteiger partial charge on any atom is -0.497 e. The lowest BCUT2D eigenvalue weighted by Gasteiger charge is -2.11. The number of nitrogens with one attached hydrogen (secondary N) is 1. The van der Waals surface area contributed by atoms with Gasteiger partial charge in [-0.05, 0) is 31.2 Å². The van der Waals surface area contributed by atoms with Crippen molar-refractivity contribution in [2.24, 2.45) is 0 Å². The van der Waals surface area contributed by atoms with E-state index in [4.69, 9.17) is 9.47 Å². The Morgan fingerprint density at radius 2 is 2.06 bits per heavy atom. The van der Waals surface area contributed by atoms with Gasteiger partial charge in [0.15, 0.2) is 0 Å². The number of benzene rings is 1. The van der Waals surface area contributed by atoms with Gasteiger partial charge < -0.3 is 14.8 Å². The third kappa shape index (κ3) is 2.71. The molecule has 1 N–H and O–H groups in total. The number of hydrogen-bond donors (Lipinski definition) is 1. The van der Waals surface area contributed by atoms with Crippen LogP contribution in [0.1, 0.15) is 5.69 Å². The van der Waals surface area contributed by atoms with Gasteiger partial charge in [-0.1, -0.05) is 0 Å². The third-order valence-corrected chi connectivity index (χ3v) is 2.77. The van der Waals surface area contributed by atoms with E-state index < -0.39 is 0 Å². The first-order valence-corrected chi connectivity index (χ1v) is 5.93. The van der Waals surface area contributed by atoms with E-state index in [9.17, 15) is 0 Å². The molecule has 1 aromatic carbocycles. The molecule has 18 heavy (non-hydrogen) atoms. The second kappa shape index (κ2) is 5.69. The number of methoxy groups -OCH3 is 2. The van der Waals surface area contributed by atoms with Crippen molar-refractivity contribution in [3.8, 4) is 5.75 Å². The molecule has 4 nitrogen and oxygen atoms in total. The van der Waals surface area contributed by atoms with Crippen LogP contribution < -0.4 is 10.1 Å². The van der Waals surface area contributed by atoms with Gasteiger partial charge >= 0.3 is 0 Å². The summed E-state index contributed by atoms with van der Waals surface area (Å²) in [5, 5.41) is 4.43. The maximum Gasteiger partial charge on any atom is 0.119 e. The summed E-state index contributed by atoms with van der Waals surface area (Å²) in [6.07, 6.45) is 0. The second-order valence-corrected chi connectivity index (χ2v) is 4.11. The zero-order chi connectivity index (χ0) is 13.0.